The Morgan fingerprint density at radius 2 is 2.07 bits per heavy atom. The first-order chi connectivity index (χ1) is 13.1. The number of hydrogen-bond acceptors (Lipinski definition) is 3. The largest absolute Gasteiger partial charge is 0.383 e. The Bertz CT molecular complexity index is 772. The maximum absolute atomic E-state index is 13.1. The van der Waals surface area contributed by atoms with Gasteiger partial charge in [-0.3, -0.25) is 9.48 Å². The molecule has 3 rings (SSSR count). The summed E-state index contributed by atoms with van der Waals surface area (Å²) in [5.41, 5.74) is 0.896. The third-order valence-corrected chi connectivity index (χ3v) is 5.86. The highest BCUT2D eigenvalue weighted by atomic mass is 35.5. The number of nitrogens with zero attached hydrogens (tertiary/aromatic N) is 2. The summed E-state index contributed by atoms with van der Waals surface area (Å²) in [5, 5.41) is 8.31. The Hall–Kier alpha value is -1.56. The van der Waals surface area contributed by atoms with Gasteiger partial charge in [0.2, 0.25) is 5.91 Å². The minimum Gasteiger partial charge on any atom is -0.383 e. The number of methoxy groups -OCH3 is 1. The number of rotatable bonds is 8. The number of carbonyl (C=O) groups is 1. The van der Waals surface area contributed by atoms with Crippen LogP contribution in [0.25, 0.3) is 0 Å². The van der Waals surface area contributed by atoms with Crippen LogP contribution in [-0.4, -0.2) is 29.4 Å². The molecule has 1 aliphatic rings. The molecule has 0 saturated heterocycles. The number of anilines is 1. The Balaban J connectivity index is 1.75. The zero-order valence-corrected chi connectivity index (χ0v) is 17.0. The summed E-state index contributed by atoms with van der Waals surface area (Å²) in [4.78, 5) is 13.1. The first-order valence-corrected chi connectivity index (χ1v) is 10.1. The van der Waals surface area contributed by atoms with Gasteiger partial charge in [-0.25, -0.2) is 0 Å². The second-order valence-electron chi connectivity index (χ2n) is 7.06. The van der Waals surface area contributed by atoms with Crippen LogP contribution in [0.3, 0.4) is 0 Å². The number of benzene rings is 1. The molecule has 1 unspecified atom stereocenters. The third kappa shape index (κ3) is 5.47. The van der Waals surface area contributed by atoms with E-state index in [2.05, 4.69) is 10.4 Å². The van der Waals surface area contributed by atoms with E-state index in [1.807, 2.05) is 12.3 Å². The normalized spacial score (nSPS) is 15.8. The number of hydrogen-bond donors (Lipinski definition) is 1. The molecular formula is C20H25Cl2N3O2. The predicted molar refractivity (Wildman–Crippen MR) is 109 cm³/mol. The lowest BCUT2D eigenvalue weighted by Crippen LogP contribution is -2.23. The molecule has 5 nitrogen and oxygen atoms in total. The van der Waals surface area contributed by atoms with Crippen molar-refractivity contribution in [2.24, 2.45) is 5.92 Å². The highest BCUT2D eigenvalue weighted by molar-refractivity contribution is 6.42. The molecule has 1 fully saturated rings. The monoisotopic (exact) mass is 409 g/mol. The minimum atomic E-state index is -0.271. The van der Waals surface area contributed by atoms with Crippen LogP contribution < -0.4 is 5.32 Å². The molecule has 0 spiro atoms. The number of ether oxygens (including phenoxy) is 1. The van der Waals surface area contributed by atoms with E-state index >= 15 is 0 Å². The van der Waals surface area contributed by atoms with Gasteiger partial charge in [-0.1, -0.05) is 55.0 Å². The first kappa shape index (κ1) is 20.2. The maximum Gasteiger partial charge on any atom is 0.233 e. The summed E-state index contributed by atoms with van der Waals surface area (Å²) in [6, 6.07) is 7.26. The average molecular weight is 410 g/mol. The van der Waals surface area contributed by atoms with Crippen molar-refractivity contribution in [2.45, 2.75) is 44.6 Å². The molecule has 1 heterocycles. The number of amides is 1. The van der Waals surface area contributed by atoms with Crippen LogP contribution in [0.4, 0.5) is 5.82 Å². The lowest BCUT2D eigenvalue weighted by molar-refractivity contribution is -0.118. The van der Waals surface area contributed by atoms with E-state index in [1.165, 1.54) is 25.7 Å². The van der Waals surface area contributed by atoms with Crippen molar-refractivity contribution in [3.8, 4) is 0 Å². The Labute approximate surface area is 170 Å². The van der Waals surface area contributed by atoms with Crippen molar-refractivity contribution in [1.29, 1.82) is 0 Å². The Morgan fingerprint density at radius 3 is 2.78 bits per heavy atom. The van der Waals surface area contributed by atoms with Crippen LogP contribution in [0, 0.1) is 5.92 Å². The maximum atomic E-state index is 13.1. The summed E-state index contributed by atoms with van der Waals surface area (Å²) in [6.07, 6.45) is 7.48. The highest BCUT2D eigenvalue weighted by Crippen LogP contribution is 2.36. The van der Waals surface area contributed by atoms with Crippen LogP contribution in [0.2, 0.25) is 10.0 Å². The van der Waals surface area contributed by atoms with E-state index in [4.69, 9.17) is 27.9 Å². The molecule has 1 saturated carbocycles. The van der Waals surface area contributed by atoms with Crippen LogP contribution in [0.5, 0.6) is 0 Å². The van der Waals surface area contributed by atoms with Gasteiger partial charge < -0.3 is 10.1 Å². The van der Waals surface area contributed by atoms with Gasteiger partial charge in [0.15, 0.2) is 5.82 Å². The molecule has 1 N–H and O–H groups in total. The summed E-state index contributed by atoms with van der Waals surface area (Å²) >= 11 is 12.3. The molecular weight excluding hydrogens is 385 g/mol. The SMILES string of the molecule is COCCn1ccc(NC(=O)C(CC2CCCC2)c2ccc(Cl)c(Cl)c2)n1. The molecule has 1 aromatic heterocycles. The Kier molecular flexibility index (Phi) is 7.16. The fraction of sp³-hybridized carbons (Fsp3) is 0.500. The van der Waals surface area contributed by atoms with Gasteiger partial charge in [0.25, 0.3) is 0 Å². The van der Waals surface area contributed by atoms with Gasteiger partial charge in [0.05, 0.1) is 29.1 Å². The topological polar surface area (TPSA) is 56.1 Å². The molecule has 1 amide bonds. The molecule has 0 aliphatic heterocycles. The number of nitrogens with one attached hydrogen (secondary N) is 1. The summed E-state index contributed by atoms with van der Waals surface area (Å²) in [7, 11) is 1.65. The fourth-order valence-electron chi connectivity index (χ4n) is 3.65. The van der Waals surface area contributed by atoms with Gasteiger partial charge >= 0.3 is 0 Å². The van der Waals surface area contributed by atoms with E-state index in [0.717, 1.165) is 12.0 Å². The molecule has 0 radical (unpaired) electrons. The summed E-state index contributed by atoms with van der Waals surface area (Å²) in [5.74, 6) is 0.784. The minimum absolute atomic E-state index is 0.0581. The summed E-state index contributed by atoms with van der Waals surface area (Å²) < 4.78 is 6.81. The molecule has 0 bridgehead atoms. The standard InChI is InChI=1S/C20H25Cl2N3O2/c1-27-11-10-25-9-8-19(24-25)23-20(26)16(12-14-4-2-3-5-14)15-6-7-17(21)18(22)13-15/h6-9,13-14,16H,2-5,10-12H2,1H3,(H,23,24,26). The molecule has 1 aliphatic carbocycles. The number of carbonyl (C=O) groups excluding carboxylic acids is 1. The zero-order chi connectivity index (χ0) is 19.2. The van der Waals surface area contributed by atoms with Crippen molar-refractivity contribution in [3.05, 3.63) is 46.1 Å². The molecule has 2 aromatic rings. The smallest absolute Gasteiger partial charge is 0.233 e. The molecule has 7 heteroatoms. The Morgan fingerprint density at radius 1 is 1.30 bits per heavy atom. The van der Waals surface area contributed by atoms with Crippen molar-refractivity contribution < 1.29 is 9.53 Å². The van der Waals surface area contributed by atoms with E-state index < -0.39 is 0 Å². The molecule has 1 aromatic carbocycles. The fourth-order valence-corrected chi connectivity index (χ4v) is 3.96. The van der Waals surface area contributed by atoms with Gasteiger partial charge in [-0.2, -0.15) is 5.10 Å². The lowest BCUT2D eigenvalue weighted by Gasteiger charge is -2.20. The van der Waals surface area contributed by atoms with Crippen LogP contribution in [-0.2, 0) is 16.1 Å². The van der Waals surface area contributed by atoms with Crippen LogP contribution in [0.1, 0.15) is 43.6 Å². The van der Waals surface area contributed by atoms with E-state index in [0.29, 0.717) is 34.9 Å². The van der Waals surface area contributed by atoms with Gasteiger partial charge in [0.1, 0.15) is 0 Å². The number of halogens is 2. The van der Waals surface area contributed by atoms with E-state index in [-0.39, 0.29) is 11.8 Å². The second-order valence-corrected chi connectivity index (χ2v) is 7.87. The zero-order valence-electron chi connectivity index (χ0n) is 15.5. The van der Waals surface area contributed by atoms with Crippen molar-refractivity contribution in [1.82, 2.24) is 9.78 Å². The lowest BCUT2D eigenvalue weighted by atomic mass is 9.87. The number of aromatic nitrogens is 2. The van der Waals surface area contributed by atoms with E-state index in [1.54, 1.807) is 30.0 Å². The molecule has 146 valence electrons. The predicted octanol–water partition coefficient (Wildman–Crippen LogP) is 5.14. The van der Waals surface area contributed by atoms with Gasteiger partial charge in [-0.05, 0) is 30.0 Å². The molecule has 27 heavy (non-hydrogen) atoms. The first-order valence-electron chi connectivity index (χ1n) is 9.35. The van der Waals surface area contributed by atoms with Gasteiger partial charge in [0, 0.05) is 19.4 Å². The van der Waals surface area contributed by atoms with Crippen LogP contribution in [0.15, 0.2) is 30.5 Å². The third-order valence-electron chi connectivity index (χ3n) is 5.12. The quantitative estimate of drug-likeness (QED) is 0.656. The average Bonchev–Trinajstić information content (AvgIpc) is 3.32. The van der Waals surface area contributed by atoms with Crippen molar-refractivity contribution in [2.75, 3.05) is 19.0 Å². The second kappa shape index (κ2) is 9.58. The van der Waals surface area contributed by atoms with Crippen molar-refractivity contribution in [3.63, 3.8) is 0 Å². The highest BCUT2D eigenvalue weighted by Gasteiger charge is 2.27. The van der Waals surface area contributed by atoms with Gasteiger partial charge in [-0.15, -0.1) is 0 Å². The van der Waals surface area contributed by atoms with E-state index in [9.17, 15) is 4.79 Å². The summed E-state index contributed by atoms with van der Waals surface area (Å²) in [6.45, 7) is 1.22. The van der Waals surface area contributed by atoms with Crippen molar-refractivity contribution >= 4 is 34.9 Å². The van der Waals surface area contributed by atoms with Crippen LogP contribution >= 0.6 is 23.2 Å². The molecule has 1 atom stereocenters.